The molecule has 0 atom stereocenters. The fraction of sp³-hybridized carbons (Fsp3) is 0.150. The summed E-state index contributed by atoms with van der Waals surface area (Å²) in [5.74, 6) is 1.09. The predicted octanol–water partition coefficient (Wildman–Crippen LogP) is 3.90. The summed E-state index contributed by atoms with van der Waals surface area (Å²) in [7, 11) is 0. The fourth-order valence-corrected chi connectivity index (χ4v) is 2.73. The van der Waals surface area contributed by atoms with Gasteiger partial charge in [-0.3, -0.25) is 4.68 Å². The lowest BCUT2D eigenvalue weighted by molar-refractivity contribution is 0.533. The molecule has 4 aromatic rings. The molecule has 0 spiro atoms. The van der Waals surface area contributed by atoms with Gasteiger partial charge in [-0.25, -0.2) is 0 Å². The van der Waals surface area contributed by atoms with Crippen LogP contribution in [0.15, 0.2) is 71.4 Å². The maximum absolute atomic E-state index is 5.48. The molecule has 2 aromatic carbocycles. The van der Waals surface area contributed by atoms with E-state index in [1.54, 1.807) is 6.92 Å². The Labute approximate surface area is 151 Å². The molecule has 6 nitrogen and oxygen atoms in total. The van der Waals surface area contributed by atoms with Gasteiger partial charge in [0.15, 0.2) is 0 Å². The molecule has 0 fully saturated rings. The second kappa shape index (κ2) is 7.23. The summed E-state index contributed by atoms with van der Waals surface area (Å²) in [6.45, 7) is 3.25. The van der Waals surface area contributed by atoms with Crippen molar-refractivity contribution in [3.05, 3.63) is 84.0 Å². The van der Waals surface area contributed by atoms with Crippen LogP contribution in [0.2, 0.25) is 0 Å². The van der Waals surface area contributed by atoms with Gasteiger partial charge in [-0.05, 0) is 23.8 Å². The van der Waals surface area contributed by atoms with Gasteiger partial charge in [0.2, 0.25) is 11.8 Å². The van der Waals surface area contributed by atoms with Crippen LogP contribution in [0.25, 0.3) is 11.5 Å². The summed E-state index contributed by atoms with van der Waals surface area (Å²) in [5, 5.41) is 15.8. The topological polar surface area (TPSA) is 68.8 Å². The van der Waals surface area contributed by atoms with Gasteiger partial charge in [0, 0.05) is 36.5 Å². The Kier molecular flexibility index (Phi) is 4.47. The summed E-state index contributed by atoms with van der Waals surface area (Å²) in [6, 6.07) is 18.2. The van der Waals surface area contributed by atoms with Crippen molar-refractivity contribution in [1.29, 1.82) is 0 Å². The number of hydrogen-bond donors (Lipinski definition) is 1. The van der Waals surface area contributed by atoms with E-state index in [2.05, 4.69) is 38.9 Å². The van der Waals surface area contributed by atoms with Crippen LogP contribution in [0.5, 0.6) is 0 Å². The number of benzene rings is 2. The second-order valence-corrected chi connectivity index (χ2v) is 6.09. The van der Waals surface area contributed by atoms with E-state index in [0.29, 0.717) is 18.3 Å². The molecule has 0 aliphatic heterocycles. The molecule has 0 aliphatic rings. The standard InChI is InChI=1S/C20H19N5O/c1-15-23-24-20(26-15)18-8-5-9-19(10-18)21-11-17-12-22-25(14-17)13-16-6-3-2-4-7-16/h2-10,12,14,21H,11,13H2,1H3. The molecular formula is C20H19N5O. The van der Waals surface area contributed by atoms with Crippen LogP contribution in [0.1, 0.15) is 17.0 Å². The van der Waals surface area contributed by atoms with Gasteiger partial charge in [-0.2, -0.15) is 5.10 Å². The fourth-order valence-electron chi connectivity index (χ4n) is 2.73. The highest BCUT2D eigenvalue weighted by Gasteiger charge is 2.07. The van der Waals surface area contributed by atoms with E-state index in [0.717, 1.165) is 23.4 Å². The van der Waals surface area contributed by atoms with E-state index < -0.39 is 0 Å². The Bertz CT molecular complexity index is 990. The van der Waals surface area contributed by atoms with Crippen LogP contribution >= 0.6 is 0 Å². The van der Waals surface area contributed by atoms with Crippen molar-refractivity contribution in [1.82, 2.24) is 20.0 Å². The Morgan fingerprint density at radius 3 is 2.69 bits per heavy atom. The van der Waals surface area contributed by atoms with Crippen molar-refractivity contribution in [2.75, 3.05) is 5.32 Å². The number of aryl methyl sites for hydroxylation is 1. The Morgan fingerprint density at radius 1 is 1.00 bits per heavy atom. The number of rotatable bonds is 6. The van der Waals surface area contributed by atoms with Crippen molar-refractivity contribution in [3.8, 4) is 11.5 Å². The summed E-state index contributed by atoms with van der Waals surface area (Å²) >= 11 is 0. The number of hydrogen-bond acceptors (Lipinski definition) is 5. The molecule has 0 saturated carbocycles. The molecule has 2 aromatic heterocycles. The third-order valence-electron chi connectivity index (χ3n) is 4.01. The van der Waals surface area contributed by atoms with E-state index in [1.807, 2.05) is 53.3 Å². The summed E-state index contributed by atoms with van der Waals surface area (Å²) in [5.41, 5.74) is 4.25. The maximum Gasteiger partial charge on any atom is 0.247 e. The highest BCUT2D eigenvalue weighted by atomic mass is 16.4. The van der Waals surface area contributed by atoms with Gasteiger partial charge in [0.05, 0.1) is 12.7 Å². The Morgan fingerprint density at radius 2 is 1.88 bits per heavy atom. The average molecular weight is 345 g/mol. The van der Waals surface area contributed by atoms with Gasteiger partial charge in [-0.1, -0.05) is 36.4 Å². The third kappa shape index (κ3) is 3.80. The average Bonchev–Trinajstić information content (AvgIpc) is 3.30. The van der Waals surface area contributed by atoms with Crippen LogP contribution in [0.3, 0.4) is 0 Å². The lowest BCUT2D eigenvalue weighted by Gasteiger charge is -2.06. The van der Waals surface area contributed by atoms with Crippen LogP contribution in [0, 0.1) is 6.92 Å². The summed E-state index contributed by atoms with van der Waals surface area (Å²) in [6.07, 6.45) is 3.95. The van der Waals surface area contributed by atoms with Crippen LogP contribution in [0.4, 0.5) is 5.69 Å². The largest absolute Gasteiger partial charge is 0.421 e. The monoisotopic (exact) mass is 345 g/mol. The zero-order valence-electron chi connectivity index (χ0n) is 14.5. The molecule has 0 unspecified atom stereocenters. The Balaban J connectivity index is 1.40. The van der Waals surface area contributed by atoms with E-state index in [4.69, 9.17) is 4.42 Å². The van der Waals surface area contributed by atoms with Crippen LogP contribution < -0.4 is 5.32 Å². The molecule has 0 radical (unpaired) electrons. The third-order valence-corrected chi connectivity index (χ3v) is 4.01. The smallest absolute Gasteiger partial charge is 0.247 e. The first-order chi connectivity index (χ1) is 12.8. The molecular weight excluding hydrogens is 326 g/mol. The first kappa shape index (κ1) is 16.1. The van der Waals surface area contributed by atoms with Crippen molar-refractivity contribution >= 4 is 5.69 Å². The van der Waals surface area contributed by atoms with Gasteiger partial charge < -0.3 is 9.73 Å². The van der Waals surface area contributed by atoms with E-state index in [1.165, 1.54) is 5.56 Å². The van der Waals surface area contributed by atoms with E-state index in [9.17, 15) is 0 Å². The number of anilines is 1. The van der Waals surface area contributed by atoms with Gasteiger partial charge in [0.1, 0.15) is 0 Å². The molecule has 0 aliphatic carbocycles. The summed E-state index contributed by atoms with van der Waals surface area (Å²) in [4.78, 5) is 0. The molecule has 4 rings (SSSR count). The molecule has 2 heterocycles. The first-order valence-corrected chi connectivity index (χ1v) is 8.46. The number of aromatic nitrogens is 4. The van der Waals surface area contributed by atoms with E-state index in [-0.39, 0.29) is 0 Å². The van der Waals surface area contributed by atoms with Crippen LogP contribution in [-0.4, -0.2) is 20.0 Å². The maximum atomic E-state index is 5.48. The highest BCUT2D eigenvalue weighted by molar-refractivity contribution is 5.61. The van der Waals surface area contributed by atoms with Crippen molar-refractivity contribution in [3.63, 3.8) is 0 Å². The lowest BCUT2D eigenvalue weighted by Crippen LogP contribution is -2.00. The second-order valence-electron chi connectivity index (χ2n) is 6.09. The molecule has 26 heavy (non-hydrogen) atoms. The predicted molar refractivity (Wildman–Crippen MR) is 99.6 cm³/mol. The molecule has 1 N–H and O–H groups in total. The van der Waals surface area contributed by atoms with Gasteiger partial charge in [0.25, 0.3) is 0 Å². The van der Waals surface area contributed by atoms with Crippen LogP contribution in [-0.2, 0) is 13.1 Å². The molecule has 6 heteroatoms. The zero-order valence-corrected chi connectivity index (χ0v) is 14.5. The van der Waals surface area contributed by atoms with E-state index >= 15 is 0 Å². The van der Waals surface area contributed by atoms with Crippen molar-refractivity contribution in [2.45, 2.75) is 20.0 Å². The first-order valence-electron chi connectivity index (χ1n) is 8.46. The minimum absolute atomic E-state index is 0.529. The molecule has 0 saturated heterocycles. The molecule has 0 amide bonds. The number of nitrogens with one attached hydrogen (secondary N) is 1. The minimum Gasteiger partial charge on any atom is -0.421 e. The molecule has 0 bridgehead atoms. The van der Waals surface area contributed by atoms with Gasteiger partial charge in [-0.15, -0.1) is 10.2 Å². The SMILES string of the molecule is Cc1nnc(-c2cccc(NCc3cnn(Cc4ccccc4)c3)c2)o1. The quantitative estimate of drug-likeness (QED) is 0.574. The normalized spacial score (nSPS) is 10.8. The van der Waals surface area contributed by atoms with Gasteiger partial charge >= 0.3 is 0 Å². The number of nitrogens with zero attached hydrogens (tertiary/aromatic N) is 4. The summed E-state index contributed by atoms with van der Waals surface area (Å²) < 4.78 is 7.43. The lowest BCUT2D eigenvalue weighted by atomic mass is 10.2. The Hall–Kier alpha value is -3.41. The molecule has 130 valence electrons. The minimum atomic E-state index is 0.529. The van der Waals surface area contributed by atoms with Crippen molar-refractivity contribution < 1.29 is 4.42 Å². The highest BCUT2D eigenvalue weighted by Crippen LogP contribution is 2.21. The zero-order chi connectivity index (χ0) is 17.8. The van der Waals surface area contributed by atoms with Crippen molar-refractivity contribution in [2.24, 2.45) is 0 Å².